The summed E-state index contributed by atoms with van der Waals surface area (Å²) in [5, 5.41) is 8.10. The van der Waals surface area contributed by atoms with Gasteiger partial charge in [0.05, 0.1) is 5.69 Å². The molecule has 1 fully saturated rings. The lowest BCUT2D eigenvalue weighted by molar-refractivity contribution is -0.642. The Morgan fingerprint density at radius 2 is 2.08 bits per heavy atom. The number of hydrogen-bond acceptors (Lipinski definition) is 5. The first kappa shape index (κ1) is 15.6. The highest BCUT2D eigenvalue weighted by molar-refractivity contribution is 5.61. The molecule has 1 unspecified atom stereocenters. The van der Waals surface area contributed by atoms with Crippen molar-refractivity contribution in [3.63, 3.8) is 0 Å². The molecule has 3 aromatic rings. The maximum Gasteiger partial charge on any atom is 0.201 e. The van der Waals surface area contributed by atoms with Crippen molar-refractivity contribution in [2.45, 2.75) is 12.5 Å². The van der Waals surface area contributed by atoms with Crippen LogP contribution < -0.4 is 20.7 Å². The summed E-state index contributed by atoms with van der Waals surface area (Å²) in [6, 6.07) is 12.6. The quantitative estimate of drug-likeness (QED) is 0.700. The summed E-state index contributed by atoms with van der Waals surface area (Å²) in [5.74, 6) is 0.842. The van der Waals surface area contributed by atoms with E-state index in [0.29, 0.717) is 0 Å². The molecular weight excluding hydrogens is 314 g/mol. The minimum Gasteiger partial charge on any atom is -0.370 e. The zero-order chi connectivity index (χ0) is 17.2. The third kappa shape index (κ3) is 3.32. The lowest BCUT2D eigenvalue weighted by Crippen LogP contribution is -2.41. The summed E-state index contributed by atoms with van der Waals surface area (Å²) in [5.41, 5.74) is 12.6. The van der Waals surface area contributed by atoms with Gasteiger partial charge >= 0.3 is 0 Å². The van der Waals surface area contributed by atoms with Crippen LogP contribution in [-0.4, -0.2) is 33.9 Å². The predicted octanol–water partition coefficient (Wildman–Crippen LogP) is 1.18. The maximum absolute atomic E-state index is 5.99. The zero-order valence-electron chi connectivity index (χ0n) is 14.2. The minimum absolute atomic E-state index is 0.286. The second-order valence-corrected chi connectivity index (χ2v) is 6.42. The number of benzene rings is 1. The van der Waals surface area contributed by atoms with Crippen molar-refractivity contribution in [3.8, 4) is 11.4 Å². The van der Waals surface area contributed by atoms with Crippen molar-refractivity contribution in [1.29, 1.82) is 0 Å². The van der Waals surface area contributed by atoms with E-state index >= 15 is 0 Å². The van der Waals surface area contributed by atoms with Crippen LogP contribution in [0.25, 0.3) is 11.4 Å². The van der Waals surface area contributed by atoms with E-state index in [9.17, 15) is 0 Å². The fourth-order valence-electron chi connectivity index (χ4n) is 3.15. The van der Waals surface area contributed by atoms with E-state index in [4.69, 9.17) is 5.73 Å². The largest absolute Gasteiger partial charge is 0.370 e. The van der Waals surface area contributed by atoms with E-state index in [1.165, 1.54) is 5.69 Å². The summed E-state index contributed by atoms with van der Waals surface area (Å²) in [7, 11) is 1.94. The summed E-state index contributed by atoms with van der Waals surface area (Å²) in [6.07, 6.45) is 6.80. The lowest BCUT2D eigenvalue weighted by Gasteiger charge is -2.16. The van der Waals surface area contributed by atoms with Gasteiger partial charge in [0.15, 0.2) is 5.82 Å². The molecular formula is C18H22N7+. The molecule has 0 saturated carbocycles. The van der Waals surface area contributed by atoms with Crippen molar-refractivity contribution >= 4 is 11.4 Å². The number of rotatable bonds is 4. The van der Waals surface area contributed by atoms with Crippen LogP contribution in [0.15, 0.2) is 55.1 Å². The van der Waals surface area contributed by atoms with Gasteiger partial charge in [-0.1, -0.05) is 16.8 Å². The van der Waals surface area contributed by atoms with Crippen LogP contribution >= 0.6 is 0 Å². The normalized spacial score (nSPS) is 17.0. The Balaban J connectivity index is 1.50. The average molecular weight is 336 g/mol. The maximum atomic E-state index is 5.99. The topological polar surface area (TPSA) is 75.9 Å². The molecule has 0 aliphatic carbocycles. The third-order valence-electron chi connectivity index (χ3n) is 4.49. The molecule has 4 rings (SSSR count). The van der Waals surface area contributed by atoms with Gasteiger partial charge in [0, 0.05) is 49.6 Å². The summed E-state index contributed by atoms with van der Waals surface area (Å²) in [4.78, 5) is 2.32. The number of pyridine rings is 1. The van der Waals surface area contributed by atoms with E-state index in [0.717, 1.165) is 36.6 Å². The number of aryl methyl sites for hydroxylation is 1. The van der Waals surface area contributed by atoms with Gasteiger partial charge in [-0.2, -0.15) is 5.43 Å². The van der Waals surface area contributed by atoms with E-state index in [-0.39, 0.29) is 6.04 Å². The molecule has 3 N–H and O–H groups in total. The molecule has 0 radical (unpaired) electrons. The molecule has 0 bridgehead atoms. The van der Waals surface area contributed by atoms with E-state index in [2.05, 4.69) is 38.7 Å². The molecule has 3 heterocycles. The van der Waals surface area contributed by atoms with E-state index in [1.807, 2.05) is 46.9 Å². The van der Waals surface area contributed by atoms with Gasteiger partial charge in [0.25, 0.3) is 0 Å². The standard InChI is InChI=1S/C18H22N7/c1-23-13-20-21-18(23)14-3-2-4-16(11-14)22-25-9-6-17(7-10-25)24-8-5-15(19)12-24/h2-4,6-7,9-11,13,15,22H,5,8,12,19H2,1H3/q+1. The van der Waals surface area contributed by atoms with Gasteiger partial charge < -0.3 is 15.2 Å². The van der Waals surface area contributed by atoms with Gasteiger partial charge in [0.2, 0.25) is 12.4 Å². The number of nitrogens with zero attached hydrogens (tertiary/aromatic N) is 5. The van der Waals surface area contributed by atoms with Crippen LogP contribution in [0.4, 0.5) is 11.4 Å². The monoisotopic (exact) mass is 336 g/mol. The average Bonchev–Trinajstić information content (AvgIpc) is 3.24. The number of nitrogens with one attached hydrogen (secondary N) is 1. The predicted molar refractivity (Wildman–Crippen MR) is 96.9 cm³/mol. The van der Waals surface area contributed by atoms with Gasteiger partial charge in [-0.3, -0.25) is 0 Å². The van der Waals surface area contributed by atoms with Crippen molar-refractivity contribution in [3.05, 3.63) is 55.1 Å². The van der Waals surface area contributed by atoms with Crippen LogP contribution in [0.3, 0.4) is 0 Å². The van der Waals surface area contributed by atoms with E-state index in [1.54, 1.807) is 6.33 Å². The number of aromatic nitrogens is 4. The second-order valence-electron chi connectivity index (χ2n) is 6.42. The molecule has 128 valence electrons. The first-order chi connectivity index (χ1) is 12.2. The molecule has 2 aromatic heterocycles. The van der Waals surface area contributed by atoms with Crippen LogP contribution in [0, 0.1) is 0 Å². The molecule has 0 amide bonds. The van der Waals surface area contributed by atoms with Gasteiger partial charge in [0.1, 0.15) is 6.33 Å². The Bertz CT molecular complexity index is 856. The molecule has 0 spiro atoms. The highest BCUT2D eigenvalue weighted by atomic mass is 15.4. The summed E-state index contributed by atoms with van der Waals surface area (Å²) < 4.78 is 3.84. The molecule has 1 aromatic carbocycles. The molecule has 1 aliphatic heterocycles. The Labute approximate surface area is 146 Å². The minimum atomic E-state index is 0.286. The second kappa shape index (κ2) is 6.52. The van der Waals surface area contributed by atoms with E-state index < -0.39 is 0 Å². The first-order valence-electron chi connectivity index (χ1n) is 8.42. The van der Waals surface area contributed by atoms with Crippen molar-refractivity contribution < 1.29 is 4.68 Å². The Morgan fingerprint density at radius 3 is 2.76 bits per heavy atom. The number of hydrogen-bond donors (Lipinski definition) is 2. The SMILES string of the molecule is Cn1cnnc1-c1cccc(N[n+]2ccc(N3CCC(N)C3)cc2)c1. The summed E-state index contributed by atoms with van der Waals surface area (Å²) in [6.45, 7) is 1.95. The fourth-order valence-corrected chi connectivity index (χ4v) is 3.15. The Kier molecular flexibility index (Phi) is 4.07. The summed E-state index contributed by atoms with van der Waals surface area (Å²) >= 11 is 0. The molecule has 1 saturated heterocycles. The van der Waals surface area contributed by atoms with Crippen molar-refractivity contribution in [2.24, 2.45) is 12.8 Å². The third-order valence-corrected chi connectivity index (χ3v) is 4.49. The Hall–Kier alpha value is -2.93. The molecule has 25 heavy (non-hydrogen) atoms. The number of anilines is 2. The van der Waals surface area contributed by atoms with Crippen LogP contribution in [0.1, 0.15) is 6.42 Å². The molecule has 7 heteroatoms. The van der Waals surface area contributed by atoms with Crippen molar-refractivity contribution in [1.82, 2.24) is 14.8 Å². The Morgan fingerprint density at radius 1 is 1.24 bits per heavy atom. The number of nitrogens with two attached hydrogens (primary N) is 1. The van der Waals surface area contributed by atoms with Crippen LogP contribution in [-0.2, 0) is 7.05 Å². The van der Waals surface area contributed by atoms with Crippen LogP contribution in [0.2, 0.25) is 0 Å². The lowest BCUT2D eigenvalue weighted by atomic mass is 10.2. The van der Waals surface area contributed by atoms with Crippen LogP contribution in [0.5, 0.6) is 0 Å². The first-order valence-corrected chi connectivity index (χ1v) is 8.42. The van der Waals surface area contributed by atoms with Crippen molar-refractivity contribution in [2.75, 3.05) is 23.4 Å². The molecule has 7 nitrogen and oxygen atoms in total. The van der Waals surface area contributed by atoms with Gasteiger partial charge in [-0.25, -0.2) is 0 Å². The highest BCUT2D eigenvalue weighted by Gasteiger charge is 2.19. The fraction of sp³-hybridized carbons (Fsp3) is 0.278. The van der Waals surface area contributed by atoms with Gasteiger partial charge in [-0.15, -0.1) is 10.2 Å². The highest BCUT2D eigenvalue weighted by Crippen LogP contribution is 2.20. The zero-order valence-corrected chi connectivity index (χ0v) is 14.2. The molecule has 1 aliphatic rings. The molecule has 1 atom stereocenters. The smallest absolute Gasteiger partial charge is 0.201 e. The van der Waals surface area contributed by atoms with Gasteiger partial charge in [-0.05, 0) is 18.6 Å².